The van der Waals surface area contributed by atoms with Gasteiger partial charge in [0, 0.05) is 28.2 Å². The number of rotatable bonds is 3. The molecule has 1 atom stereocenters. The summed E-state index contributed by atoms with van der Waals surface area (Å²) in [4.78, 5) is 32.8. The number of H-pyrrole nitrogens is 2. The zero-order chi connectivity index (χ0) is 20.8. The molecule has 0 spiro atoms. The Morgan fingerprint density at radius 3 is 2.73 bits per heavy atom. The molecule has 2 heterocycles. The Balaban J connectivity index is 1.50. The lowest BCUT2D eigenvalue weighted by molar-refractivity contribution is 0.0930. The summed E-state index contributed by atoms with van der Waals surface area (Å²) in [6.45, 7) is 4.18. The minimum absolute atomic E-state index is 0.120. The SMILES string of the molecule is CC(C)c1cccc2c(=O)c(C(=O)NC3CCCc4c3[nH]c3ccccc43)c[nH]c12. The van der Waals surface area contributed by atoms with E-state index in [1.54, 1.807) is 12.3 Å². The number of para-hydroxylation sites is 2. The molecule has 1 aliphatic rings. The average Bonchev–Trinajstić information content (AvgIpc) is 3.13. The van der Waals surface area contributed by atoms with E-state index in [4.69, 9.17) is 0 Å². The van der Waals surface area contributed by atoms with E-state index in [-0.39, 0.29) is 28.9 Å². The Morgan fingerprint density at radius 1 is 1.10 bits per heavy atom. The molecule has 2 aromatic heterocycles. The fraction of sp³-hybridized carbons (Fsp3) is 0.280. The lowest BCUT2D eigenvalue weighted by Crippen LogP contribution is -2.34. The van der Waals surface area contributed by atoms with Crippen molar-refractivity contribution in [1.29, 1.82) is 0 Å². The molecule has 3 N–H and O–H groups in total. The first kappa shape index (κ1) is 18.7. The number of amides is 1. The predicted molar refractivity (Wildman–Crippen MR) is 120 cm³/mol. The van der Waals surface area contributed by atoms with E-state index in [9.17, 15) is 9.59 Å². The molecule has 0 fully saturated rings. The topological polar surface area (TPSA) is 77.8 Å². The number of hydrogen-bond acceptors (Lipinski definition) is 2. The summed E-state index contributed by atoms with van der Waals surface area (Å²) < 4.78 is 0. The summed E-state index contributed by atoms with van der Waals surface area (Å²) in [6, 6.07) is 13.8. The van der Waals surface area contributed by atoms with Gasteiger partial charge in [-0.15, -0.1) is 0 Å². The van der Waals surface area contributed by atoms with Gasteiger partial charge in [-0.1, -0.05) is 44.2 Å². The van der Waals surface area contributed by atoms with Crippen LogP contribution in [0, 0.1) is 0 Å². The highest BCUT2D eigenvalue weighted by Gasteiger charge is 2.26. The highest BCUT2D eigenvalue weighted by Crippen LogP contribution is 2.34. The van der Waals surface area contributed by atoms with Crippen LogP contribution < -0.4 is 10.7 Å². The van der Waals surface area contributed by atoms with Gasteiger partial charge in [0.1, 0.15) is 5.56 Å². The van der Waals surface area contributed by atoms with Gasteiger partial charge in [0.05, 0.1) is 11.6 Å². The molecule has 1 unspecified atom stereocenters. The maximum Gasteiger partial charge on any atom is 0.257 e. The van der Waals surface area contributed by atoms with Crippen LogP contribution in [0.25, 0.3) is 21.8 Å². The van der Waals surface area contributed by atoms with Crippen LogP contribution in [0.4, 0.5) is 0 Å². The highest BCUT2D eigenvalue weighted by molar-refractivity contribution is 5.98. The van der Waals surface area contributed by atoms with Crippen LogP contribution in [0.15, 0.2) is 53.5 Å². The van der Waals surface area contributed by atoms with E-state index in [0.29, 0.717) is 5.39 Å². The maximum atomic E-state index is 13.1. The monoisotopic (exact) mass is 399 g/mol. The number of aromatic nitrogens is 2. The lowest BCUT2D eigenvalue weighted by Gasteiger charge is -2.24. The van der Waals surface area contributed by atoms with E-state index in [2.05, 4.69) is 41.3 Å². The zero-order valence-corrected chi connectivity index (χ0v) is 17.2. The number of pyridine rings is 1. The molecular formula is C25H25N3O2. The third kappa shape index (κ3) is 2.93. The molecule has 0 bridgehead atoms. The van der Waals surface area contributed by atoms with Crippen molar-refractivity contribution < 1.29 is 4.79 Å². The second-order valence-corrected chi connectivity index (χ2v) is 8.44. The van der Waals surface area contributed by atoms with Gasteiger partial charge in [-0.25, -0.2) is 0 Å². The molecule has 5 rings (SSSR count). The van der Waals surface area contributed by atoms with Gasteiger partial charge in [0.25, 0.3) is 5.91 Å². The van der Waals surface area contributed by atoms with E-state index < -0.39 is 0 Å². The predicted octanol–water partition coefficient (Wildman–Crippen LogP) is 4.94. The molecule has 0 saturated carbocycles. The second-order valence-electron chi connectivity index (χ2n) is 8.44. The van der Waals surface area contributed by atoms with Crippen molar-refractivity contribution in [2.45, 2.75) is 45.1 Å². The number of hydrogen-bond donors (Lipinski definition) is 3. The largest absolute Gasteiger partial charge is 0.360 e. The zero-order valence-electron chi connectivity index (χ0n) is 17.2. The number of benzene rings is 2. The molecule has 0 aliphatic heterocycles. The van der Waals surface area contributed by atoms with Gasteiger partial charge in [-0.05, 0) is 48.4 Å². The standard InChI is InChI=1S/C25H25N3O2/c1-14(2)15-8-5-10-18-22(15)26-13-19(24(18)29)25(30)28-21-12-6-9-17-16-7-3-4-11-20(16)27-23(17)21/h3-5,7-8,10-11,13-14,21,27H,6,9,12H2,1-2H3,(H,26,29)(H,28,30). The van der Waals surface area contributed by atoms with Crippen molar-refractivity contribution in [3.8, 4) is 0 Å². The first-order valence-corrected chi connectivity index (χ1v) is 10.6. The first-order valence-electron chi connectivity index (χ1n) is 10.6. The van der Waals surface area contributed by atoms with E-state index in [1.165, 1.54) is 10.9 Å². The normalized spacial score (nSPS) is 16.2. The molecule has 152 valence electrons. The molecule has 5 heteroatoms. The quantitative estimate of drug-likeness (QED) is 0.456. The average molecular weight is 399 g/mol. The minimum Gasteiger partial charge on any atom is -0.360 e. The Morgan fingerprint density at radius 2 is 1.90 bits per heavy atom. The van der Waals surface area contributed by atoms with Gasteiger partial charge >= 0.3 is 0 Å². The maximum absolute atomic E-state index is 13.1. The fourth-order valence-electron chi connectivity index (χ4n) is 4.72. The number of aromatic amines is 2. The number of aryl methyl sites for hydroxylation is 1. The second kappa shape index (κ2) is 7.17. The van der Waals surface area contributed by atoms with Crippen LogP contribution in [-0.2, 0) is 6.42 Å². The minimum atomic E-state index is -0.329. The van der Waals surface area contributed by atoms with E-state index in [1.807, 2.05) is 24.3 Å². The van der Waals surface area contributed by atoms with E-state index >= 15 is 0 Å². The molecule has 0 saturated heterocycles. The summed E-state index contributed by atoms with van der Waals surface area (Å²) >= 11 is 0. The number of carbonyl (C=O) groups excluding carboxylic acids is 1. The molecule has 30 heavy (non-hydrogen) atoms. The van der Waals surface area contributed by atoms with Crippen molar-refractivity contribution in [2.24, 2.45) is 0 Å². The highest BCUT2D eigenvalue weighted by atomic mass is 16.2. The smallest absolute Gasteiger partial charge is 0.257 e. The Kier molecular flexibility index (Phi) is 4.46. The van der Waals surface area contributed by atoms with Crippen LogP contribution >= 0.6 is 0 Å². The van der Waals surface area contributed by atoms with Gasteiger partial charge in [-0.2, -0.15) is 0 Å². The van der Waals surface area contributed by atoms with Crippen molar-refractivity contribution in [3.05, 3.63) is 81.3 Å². The summed E-state index contributed by atoms with van der Waals surface area (Å²) in [5.41, 5.74) is 5.25. The van der Waals surface area contributed by atoms with Crippen LogP contribution in [-0.4, -0.2) is 15.9 Å². The molecule has 1 amide bonds. The Bertz CT molecular complexity index is 1330. The molecule has 1 aliphatic carbocycles. The Labute approximate surface area is 174 Å². The molecular weight excluding hydrogens is 374 g/mol. The number of fused-ring (bicyclic) bond motifs is 4. The van der Waals surface area contributed by atoms with Crippen molar-refractivity contribution in [3.63, 3.8) is 0 Å². The van der Waals surface area contributed by atoms with Crippen LogP contribution in [0.5, 0.6) is 0 Å². The third-order valence-electron chi connectivity index (χ3n) is 6.23. The van der Waals surface area contributed by atoms with Crippen LogP contribution in [0.2, 0.25) is 0 Å². The first-order chi connectivity index (χ1) is 14.5. The summed E-state index contributed by atoms with van der Waals surface area (Å²) in [5, 5.41) is 4.88. The number of nitrogens with one attached hydrogen (secondary N) is 3. The van der Waals surface area contributed by atoms with Gasteiger partial charge in [0.2, 0.25) is 5.43 Å². The van der Waals surface area contributed by atoms with Crippen molar-refractivity contribution in [2.75, 3.05) is 0 Å². The summed E-state index contributed by atoms with van der Waals surface area (Å²) in [5.74, 6) is -0.0451. The molecule has 2 aromatic carbocycles. The lowest BCUT2D eigenvalue weighted by atomic mass is 9.91. The number of carbonyl (C=O) groups is 1. The van der Waals surface area contributed by atoms with Crippen LogP contribution in [0.1, 0.15) is 65.8 Å². The van der Waals surface area contributed by atoms with E-state index in [0.717, 1.165) is 41.6 Å². The Hall–Kier alpha value is -3.34. The molecule has 5 nitrogen and oxygen atoms in total. The molecule has 4 aromatic rings. The summed E-state index contributed by atoms with van der Waals surface area (Å²) in [6.07, 6.45) is 4.42. The van der Waals surface area contributed by atoms with Gasteiger partial charge < -0.3 is 15.3 Å². The molecule has 0 radical (unpaired) electrons. The summed E-state index contributed by atoms with van der Waals surface area (Å²) in [7, 11) is 0. The van der Waals surface area contributed by atoms with Crippen molar-refractivity contribution in [1.82, 2.24) is 15.3 Å². The fourth-order valence-corrected chi connectivity index (χ4v) is 4.72. The van der Waals surface area contributed by atoms with Gasteiger partial charge in [-0.3, -0.25) is 9.59 Å². The van der Waals surface area contributed by atoms with Crippen molar-refractivity contribution >= 4 is 27.7 Å². The van der Waals surface area contributed by atoms with Gasteiger partial charge in [0.15, 0.2) is 0 Å². The third-order valence-corrected chi connectivity index (χ3v) is 6.23. The van der Waals surface area contributed by atoms with Crippen LogP contribution in [0.3, 0.4) is 0 Å².